The van der Waals surface area contributed by atoms with E-state index in [1.165, 1.54) is 12.1 Å². The first kappa shape index (κ1) is 34.3. The molecule has 0 fully saturated rings. The molecule has 1 heterocycles. The number of amides is 1. The minimum Gasteiger partial charge on any atom is -0.461 e. The summed E-state index contributed by atoms with van der Waals surface area (Å²) >= 11 is 0. The van der Waals surface area contributed by atoms with Crippen molar-refractivity contribution in [3.63, 3.8) is 0 Å². The van der Waals surface area contributed by atoms with Crippen molar-refractivity contribution in [1.29, 1.82) is 0 Å². The van der Waals surface area contributed by atoms with E-state index in [9.17, 15) is 24.2 Å². The molecule has 5 aromatic rings. The van der Waals surface area contributed by atoms with E-state index < -0.39 is 18.2 Å². The molecule has 0 bridgehead atoms. The van der Waals surface area contributed by atoms with Crippen molar-refractivity contribution < 1.29 is 28.9 Å². The highest BCUT2D eigenvalue weighted by molar-refractivity contribution is 6.12. The molecule has 0 aliphatic rings. The molecule has 0 aliphatic heterocycles. The standard InChI is InChI=1S/C40H41FN2O5/c1-27(2)38-37(40(47)42-32-16-10-5-11-17-32)36(29-14-8-4-9-15-29)39(30-18-20-31(41)21-19-30)43(38)23-22-33(44)24-34(45)25-35(46)48-26-28-12-6-3-7-13-28/h3-21,27,33-34,44-45H,22-26H2,1-2H3,(H,42,47)/t33-,34-/m1/s1. The van der Waals surface area contributed by atoms with Crippen LogP contribution in [0.2, 0.25) is 0 Å². The molecule has 0 saturated heterocycles. The van der Waals surface area contributed by atoms with Gasteiger partial charge in [-0.25, -0.2) is 4.39 Å². The molecular weight excluding hydrogens is 607 g/mol. The predicted molar refractivity (Wildman–Crippen MR) is 186 cm³/mol. The number of aliphatic hydroxyl groups is 2. The number of ether oxygens (including phenoxy) is 1. The molecule has 7 nitrogen and oxygen atoms in total. The van der Waals surface area contributed by atoms with Crippen molar-refractivity contribution in [2.75, 3.05) is 5.32 Å². The number of hydrogen-bond donors (Lipinski definition) is 3. The van der Waals surface area contributed by atoms with Crippen molar-refractivity contribution in [3.8, 4) is 22.4 Å². The molecule has 0 radical (unpaired) electrons. The number of para-hydroxylation sites is 1. The Labute approximate surface area is 280 Å². The molecule has 5 rings (SSSR count). The summed E-state index contributed by atoms with van der Waals surface area (Å²) in [5.74, 6) is -1.32. The number of rotatable bonds is 14. The second kappa shape index (κ2) is 16.2. The number of carbonyl (C=O) groups is 2. The maximum Gasteiger partial charge on any atom is 0.308 e. The molecule has 0 aliphatic carbocycles. The second-order valence-electron chi connectivity index (χ2n) is 12.2. The maximum absolute atomic E-state index is 14.2. The van der Waals surface area contributed by atoms with E-state index >= 15 is 0 Å². The smallest absolute Gasteiger partial charge is 0.308 e. The Morgan fingerprint density at radius 2 is 1.40 bits per heavy atom. The van der Waals surface area contributed by atoms with E-state index in [0.29, 0.717) is 28.9 Å². The number of nitrogens with zero attached hydrogens (tertiary/aromatic N) is 1. The summed E-state index contributed by atoms with van der Waals surface area (Å²) in [6, 6.07) is 34.3. The summed E-state index contributed by atoms with van der Waals surface area (Å²) in [4.78, 5) is 26.6. The van der Waals surface area contributed by atoms with Gasteiger partial charge < -0.3 is 24.8 Å². The van der Waals surface area contributed by atoms with Crippen LogP contribution in [0.3, 0.4) is 0 Å². The highest BCUT2D eigenvalue weighted by Gasteiger charge is 2.31. The van der Waals surface area contributed by atoms with Crippen LogP contribution in [0, 0.1) is 5.82 Å². The van der Waals surface area contributed by atoms with Crippen LogP contribution in [0.15, 0.2) is 115 Å². The maximum atomic E-state index is 14.2. The summed E-state index contributed by atoms with van der Waals surface area (Å²) in [5.41, 5.74) is 5.72. The number of aliphatic hydroxyl groups excluding tert-OH is 2. The molecule has 0 unspecified atom stereocenters. The molecule has 1 aromatic heterocycles. The zero-order valence-electron chi connectivity index (χ0n) is 27.2. The largest absolute Gasteiger partial charge is 0.461 e. The van der Waals surface area contributed by atoms with Crippen molar-refractivity contribution in [2.45, 2.75) is 64.4 Å². The highest BCUT2D eigenvalue weighted by Crippen LogP contribution is 2.42. The molecule has 1 amide bonds. The lowest BCUT2D eigenvalue weighted by atomic mass is 9.94. The summed E-state index contributed by atoms with van der Waals surface area (Å²) < 4.78 is 21.5. The SMILES string of the molecule is CC(C)c1c(C(=O)Nc2ccccc2)c(-c2ccccc2)c(-c2ccc(F)cc2)n1CC[C@@H](O)C[C@@H](O)CC(=O)OCc1ccccc1. The number of hydrogen-bond acceptors (Lipinski definition) is 5. The fourth-order valence-corrected chi connectivity index (χ4v) is 5.99. The summed E-state index contributed by atoms with van der Waals surface area (Å²) in [5, 5.41) is 24.8. The normalized spacial score (nSPS) is 12.5. The molecule has 2 atom stereocenters. The minimum atomic E-state index is -1.10. The number of benzene rings is 4. The Morgan fingerprint density at radius 1 is 0.792 bits per heavy atom. The first-order chi connectivity index (χ1) is 23.2. The van der Waals surface area contributed by atoms with Crippen LogP contribution < -0.4 is 5.32 Å². The second-order valence-corrected chi connectivity index (χ2v) is 12.2. The lowest BCUT2D eigenvalue weighted by Gasteiger charge is -2.20. The van der Waals surface area contributed by atoms with Crippen LogP contribution in [-0.4, -0.2) is 38.9 Å². The first-order valence-electron chi connectivity index (χ1n) is 16.2. The zero-order valence-corrected chi connectivity index (χ0v) is 27.2. The Kier molecular flexibility index (Phi) is 11.6. The predicted octanol–water partition coefficient (Wildman–Crippen LogP) is 7.97. The molecule has 4 aromatic carbocycles. The van der Waals surface area contributed by atoms with Gasteiger partial charge in [0.05, 0.1) is 29.9 Å². The van der Waals surface area contributed by atoms with Crippen molar-refractivity contribution >= 4 is 17.6 Å². The van der Waals surface area contributed by atoms with Crippen LogP contribution in [0.4, 0.5) is 10.1 Å². The summed E-state index contributed by atoms with van der Waals surface area (Å²) in [6.45, 7) is 4.42. The fraction of sp³-hybridized carbons (Fsp3) is 0.250. The van der Waals surface area contributed by atoms with E-state index in [-0.39, 0.29) is 43.5 Å². The third-order valence-electron chi connectivity index (χ3n) is 8.16. The van der Waals surface area contributed by atoms with Crippen LogP contribution in [0.5, 0.6) is 0 Å². The Morgan fingerprint density at radius 3 is 2.02 bits per heavy atom. The lowest BCUT2D eigenvalue weighted by Crippen LogP contribution is -2.23. The van der Waals surface area contributed by atoms with Gasteiger partial charge in [0.2, 0.25) is 0 Å². The Bertz CT molecular complexity index is 1790. The van der Waals surface area contributed by atoms with Gasteiger partial charge in [-0.05, 0) is 71.8 Å². The summed E-state index contributed by atoms with van der Waals surface area (Å²) in [6.07, 6.45) is -2.09. The monoisotopic (exact) mass is 648 g/mol. The van der Waals surface area contributed by atoms with Crippen molar-refractivity contribution in [1.82, 2.24) is 4.57 Å². The number of nitrogens with one attached hydrogen (secondary N) is 1. The molecule has 48 heavy (non-hydrogen) atoms. The topological polar surface area (TPSA) is 101 Å². The Balaban J connectivity index is 1.46. The van der Waals surface area contributed by atoms with Gasteiger partial charge in [-0.3, -0.25) is 9.59 Å². The van der Waals surface area contributed by atoms with Gasteiger partial charge in [0.1, 0.15) is 12.4 Å². The third kappa shape index (κ3) is 8.64. The highest BCUT2D eigenvalue weighted by atomic mass is 19.1. The molecule has 0 spiro atoms. The van der Waals surface area contributed by atoms with Crippen LogP contribution in [-0.2, 0) is 22.7 Å². The van der Waals surface area contributed by atoms with E-state index in [0.717, 1.165) is 22.5 Å². The average molecular weight is 649 g/mol. The molecule has 248 valence electrons. The zero-order chi connectivity index (χ0) is 34.0. The van der Waals surface area contributed by atoms with Crippen LogP contribution in [0.25, 0.3) is 22.4 Å². The van der Waals surface area contributed by atoms with Crippen molar-refractivity contribution in [3.05, 3.63) is 138 Å². The van der Waals surface area contributed by atoms with E-state index in [1.807, 2.05) is 109 Å². The van der Waals surface area contributed by atoms with Crippen molar-refractivity contribution in [2.24, 2.45) is 0 Å². The fourth-order valence-electron chi connectivity index (χ4n) is 5.99. The van der Waals surface area contributed by atoms with E-state index in [1.54, 1.807) is 12.1 Å². The van der Waals surface area contributed by atoms with Gasteiger partial charge in [-0.15, -0.1) is 0 Å². The average Bonchev–Trinajstić information content (AvgIpc) is 3.43. The number of anilines is 1. The number of aromatic nitrogens is 1. The minimum absolute atomic E-state index is 0.0303. The molecular formula is C40H41FN2O5. The third-order valence-corrected chi connectivity index (χ3v) is 8.16. The molecule has 8 heteroatoms. The van der Waals surface area contributed by atoms with Crippen LogP contribution >= 0.6 is 0 Å². The van der Waals surface area contributed by atoms with Gasteiger partial charge in [0.25, 0.3) is 5.91 Å². The lowest BCUT2D eigenvalue weighted by molar-refractivity contribution is -0.147. The van der Waals surface area contributed by atoms with Gasteiger partial charge >= 0.3 is 5.97 Å². The van der Waals surface area contributed by atoms with Crippen LogP contribution in [0.1, 0.15) is 60.6 Å². The number of esters is 1. The molecule has 0 saturated carbocycles. The quantitative estimate of drug-likeness (QED) is 0.106. The molecule has 3 N–H and O–H groups in total. The summed E-state index contributed by atoms with van der Waals surface area (Å²) in [7, 11) is 0. The van der Waals surface area contributed by atoms with E-state index in [2.05, 4.69) is 5.32 Å². The van der Waals surface area contributed by atoms with E-state index in [4.69, 9.17) is 4.74 Å². The number of carbonyl (C=O) groups excluding carboxylic acids is 2. The number of halogens is 1. The van der Waals surface area contributed by atoms with Gasteiger partial charge in [-0.1, -0.05) is 92.7 Å². The van der Waals surface area contributed by atoms with Gasteiger partial charge in [0, 0.05) is 23.5 Å². The van der Waals surface area contributed by atoms with Gasteiger partial charge in [0.15, 0.2) is 0 Å². The first-order valence-corrected chi connectivity index (χ1v) is 16.2. The Hall–Kier alpha value is -5.05. The van der Waals surface area contributed by atoms with Gasteiger partial charge in [-0.2, -0.15) is 0 Å².